The molecule has 3 nitrogen and oxygen atoms in total. The summed E-state index contributed by atoms with van der Waals surface area (Å²) in [5.41, 5.74) is 3.18. The Bertz CT molecular complexity index is 818. The summed E-state index contributed by atoms with van der Waals surface area (Å²) in [4.78, 5) is 0. The van der Waals surface area contributed by atoms with Crippen molar-refractivity contribution < 1.29 is 26.3 Å². The molecule has 0 amide bonds. The van der Waals surface area contributed by atoms with Gasteiger partial charge in [-0.3, -0.25) is 0 Å². The van der Waals surface area contributed by atoms with E-state index >= 15 is 0 Å². The van der Waals surface area contributed by atoms with E-state index in [1.54, 1.807) is 0 Å². The number of halogens is 6. The van der Waals surface area contributed by atoms with Crippen LogP contribution in [0, 0.1) is 11.3 Å². The van der Waals surface area contributed by atoms with Crippen LogP contribution >= 0.6 is 0 Å². The molecule has 0 aliphatic rings. The summed E-state index contributed by atoms with van der Waals surface area (Å²) in [5, 5.41) is 11.4. The van der Waals surface area contributed by atoms with E-state index in [1.165, 1.54) is 18.2 Å². The van der Waals surface area contributed by atoms with Crippen LogP contribution in [0.25, 0.3) is 0 Å². The Labute approximate surface area is 138 Å². The van der Waals surface area contributed by atoms with Crippen LogP contribution in [0.1, 0.15) is 22.3 Å². The van der Waals surface area contributed by atoms with Gasteiger partial charge in [-0.15, -0.1) is 0 Å². The molecular weight excluding hydrogens is 348 g/mol. The average molecular weight is 359 g/mol. The van der Waals surface area contributed by atoms with Crippen LogP contribution in [0.5, 0.6) is 0 Å². The van der Waals surface area contributed by atoms with Gasteiger partial charge in [0.05, 0.1) is 34.1 Å². The zero-order valence-corrected chi connectivity index (χ0v) is 12.5. The maximum absolute atomic E-state index is 13.1. The van der Waals surface area contributed by atoms with Crippen molar-refractivity contribution in [1.29, 1.82) is 5.26 Å². The third kappa shape index (κ3) is 4.35. The average Bonchev–Trinajstić information content (AvgIpc) is 2.52. The lowest BCUT2D eigenvalue weighted by molar-refractivity contribution is -0.143. The predicted octanol–water partition coefficient (Wildman–Crippen LogP) is 4.79. The van der Waals surface area contributed by atoms with E-state index in [-0.39, 0.29) is 28.6 Å². The van der Waals surface area contributed by atoms with Gasteiger partial charge in [0.15, 0.2) is 0 Å². The SMILES string of the molecule is N#Cc1ccc(N)c(NCc2ccc(C(F)(F)F)cc2C(F)(F)F)c1. The molecule has 2 aromatic carbocycles. The Balaban J connectivity index is 2.35. The number of alkyl halides is 6. The number of anilines is 2. The maximum Gasteiger partial charge on any atom is 0.416 e. The van der Waals surface area contributed by atoms with Gasteiger partial charge in [0, 0.05) is 6.54 Å². The summed E-state index contributed by atoms with van der Waals surface area (Å²) < 4.78 is 77.2. The van der Waals surface area contributed by atoms with Gasteiger partial charge in [-0.2, -0.15) is 31.6 Å². The quantitative estimate of drug-likeness (QED) is 0.612. The summed E-state index contributed by atoms with van der Waals surface area (Å²) >= 11 is 0. The van der Waals surface area contributed by atoms with Crippen molar-refractivity contribution in [2.24, 2.45) is 0 Å². The smallest absolute Gasteiger partial charge is 0.397 e. The standard InChI is InChI=1S/C16H11F6N3/c17-15(18,19)11-3-2-10(12(6-11)16(20,21)22)8-25-14-5-9(7-23)1-4-13(14)24/h1-6,25H,8,24H2. The van der Waals surface area contributed by atoms with E-state index in [2.05, 4.69) is 5.32 Å². The molecule has 0 aliphatic carbocycles. The Hall–Kier alpha value is -2.89. The topological polar surface area (TPSA) is 61.8 Å². The number of nitriles is 1. The monoisotopic (exact) mass is 359 g/mol. The van der Waals surface area contributed by atoms with E-state index in [1.807, 2.05) is 6.07 Å². The second-order valence-electron chi connectivity index (χ2n) is 5.13. The molecule has 0 bridgehead atoms. The predicted molar refractivity (Wildman–Crippen MR) is 79.3 cm³/mol. The molecule has 0 aliphatic heterocycles. The number of hydrogen-bond acceptors (Lipinski definition) is 3. The van der Waals surface area contributed by atoms with Gasteiger partial charge in [0.1, 0.15) is 0 Å². The zero-order chi connectivity index (χ0) is 18.8. The molecule has 0 radical (unpaired) electrons. The molecule has 0 saturated carbocycles. The minimum absolute atomic E-state index is 0.0755. The highest BCUT2D eigenvalue weighted by atomic mass is 19.4. The van der Waals surface area contributed by atoms with E-state index in [0.29, 0.717) is 6.07 Å². The van der Waals surface area contributed by atoms with Gasteiger partial charge in [-0.1, -0.05) is 6.07 Å². The van der Waals surface area contributed by atoms with Crippen LogP contribution in [0.2, 0.25) is 0 Å². The van der Waals surface area contributed by atoms with E-state index in [9.17, 15) is 26.3 Å². The van der Waals surface area contributed by atoms with Crippen LogP contribution in [-0.4, -0.2) is 0 Å². The molecule has 25 heavy (non-hydrogen) atoms. The van der Waals surface area contributed by atoms with E-state index in [4.69, 9.17) is 11.0 Å². The molecule has 2 aromatic rings. The summed E-state index contributed by atoms with van der Waals surface area (Å²) in [6, 6.07) is 7.45. The second-order valence-corrected chi connectivity index (χ2v) is 5.13. The molecule has 9 heteroatoms. The Morgan fingerprint density at radius 3 is 2.20 bits per heavy atom. The van der Waals surface area contributed by atoms with Crippen LogP contribution in [0.3, 0.4) is 0 Å². The number of nitrogens with two attached hydrogens (primary N) is 1. The van der Waals surface area contributed by atoms with Crippen LogP contribution in [-0.2, 0) is 18.9 Å². The number of nitrogens with zero attached hydrogens (tertiary/aromatic N) is 1. The number of nitrogens with one attached hydrogen (secondary N) is 1. The van der Waals surface area contributed by atoms with Crippen LogP contribution < -0.4 is 11.1 Å². The van der Waals surface area contributed by atoms with Gasteiger partial charge >= 0.3 is 12.4 Å². The van der Waals surface area contributed by atoms with Gasteiger partial charge < -0.3 is 11.1 Å². The fourth-order valence-corrected chi connectivity index (χ4v) is 2.14. The summed E-state index contributed by atoms with van der Waals surface area (Å²) in [5.74, 6) is 0. The lowest BCUT2D eigenvalue weighted by atomic mass is 10.0. The molecule has 2 rings (SSSR count). The summed E-state index contributed by atoms with van der Waals surface area (Å²) in [6.07, 6.45) is -9.82. The number of hydrogen-bond donors (Lipinski definition) is 2. The van der Waals surface area contributed by atoms with Crippen molar-refractivity contribution >= 4 is 11.4 Å². The molecule has 0 atom stereocenters. The van der Waals surface area contributed by atoms with Gasteiger partial charge in [0.25, 0.3) is 0 Å². The first-order chi connectivity index (χ1) is 11.5. The van der Waals surface area contributed by atoms with Crippen LogP contribution in [0.4, 0.5) is 37.7 Å². The van der Waals surface area contributed by atoms with Crippen molar-refractivity contribution in [1.82, 2.24) is 0 Å². The lowest BCUT2D eigenvalue weighted by Crippen LogP contribution is -2.15. The molecule has 0 saturated heterocycles. The molecule has 0 fully saturated rings. The third-order valence-corrected chi connectivity index (χ3v) is 3.39. The fraction of sp³-hybridized carbons (Fsp3) is 0.188. The Morgan fingerprint density at radius 1 is 0.960 bits per heavy atom. The maximum atomic E-state index is 13.1. The molecule has 0 aromatic heterocycles. The molecule has 3 N–H and O–H groups in total. The van der Waals surface area contributed by atoms with Crippen molar-refractivity contribution in [2.45, 2.75) is 18.9 Å². The largest absolute Gasteiger partial charge is 0.416 e. The lowest BCUT2D eigenvalue weighted by Gasteiger charge is -2.17. The highest BCUT2D eigenvalue weighted by molar-refractivity contribution is 5.68. The number of benzene rings is 2. The normalized spacial score (nSPS) is 11.9. The van der Waals surface area contributed by atoms with E-state index in [0.717, 1.165) is 6.07 Å². The van der Waals surface area contributed by atoms with Crippen molar-refractivity contribution in [3.05, 3.63) is 58.7 Å². The first-order valence-electron chi connectivity index (χ1n) is 6.83. The number of rotatable bonds is 3. The van der Waals surface area contributed by atoms with Crippen molar-refractivity contribution in [3.8, 4) is 6.07 Å². The van der Waals surface area contributed by atoms with Crippen LogP contribution in [0.15, 0.2) is 36.4 Å². The highest BCUT2D eigenvalue weighted by Crippen LogP contribution is 2.37. The van der Waals surface area contributed by atoms with Gasteiger partial charge in [-0.25, -0.2) is 0 Å². The minimum Gasteiger partial charge on any atom is -0.397 e. The Kier molecular flexibility index (Phi) is 4.83. The highest BCUT2D eigenvalue weighted by Gasteiger charge is 2.37. The second kappa shape index (κ2) is 6.55. The zero-order valence-electron chi connectivity index (χ0n) is 12.5. The summed E-state index contributed by atoms with van der Waals surface area (Å²) in [7, 11) is 0. The Morgan fingerprint density at radius 2 is 1.64 bits per heavy atom. The van der Waals surface area contributed by atoms with Gasteiger partial charge in [-0.05, 0) is 35.9 Å². The number of nitrogen functional groups attached to an aromatic ring is 1. The fourth-order valence-electron chi connectivity index (χ4n) is 2.14. The molecule has 0 spiro atoms. The van der Waals surface area contributed by atoms with Crippen molar-refractivity contribution in [3.63, 3.8) is 0 Å². The minimum atomic E-state index is -4.95. The molecule has 132 valence electrons. The first kappa shape index (κ1) is 18.4. The third-order valence-electron chi connectivity index (χ3n) is 3.39. The van der Waals surface area contributed by atoms with E-state index < -0.39 is 30.0 Å². The first-order valence-corrected chi connectivity index (χ1v) is 6.83. The summed E-state index contributed by atoms with van der Waals surface area (Å²) in [6.45, 7) is -0.411. The molecule has 0 heterocycles. The van der Waals surface area contributed by atoms with Crippen molar-refractivity contribution in [2.75, 3.05) is 11.1 Å². The molecular formula is C16H11F6N3. The van der Waals surface area contributed by atoms with Gasteiger partial charge in [0.2, 0.25) is 0 Å². The molecule has 0 unspecified atom stereocenters.